The monoisotopic (exact) mass is 246 g/mol. The third-order valence-electron chi connectivity index (χ3n) is 4.28. The van der Waals surface area contributed by atoms with Gasteiger partial charge in [0.1, 0.15) is 0 Å². The first-order valence-electron chi connectivity index (χ1n) is 7.16. The van der Waals surface area contributed by atoms with E-state index in [1.165, 1.54) is 30.6 Å². The maximum atomic E-state index is 3.36. The highest BCUT2D eigenvalue weighted by molar-refractivity contribution is 5.56. The van der Waals surface area contributed by atoms with Crippen molar-refractivity contribution in [3.8, 4) is 0 Å². The molecule has 1 aromatic carbocycles. The first-order valence-corrected chi connectivity index (χ1v) is 7.16. The maximum absolute atomic E-state index is 3.36. The van der Waals surface area contributed by atoms with Crippen LogP contribution in [-0.2, 0) is 0 Å². The van der Waals surface area contributed by atoms with Gasteiger partial charge in [0.15, 0.2) is 0 Å². The molecule has 1 heterocycles. The quantitative estimate of drug-likeness (QED) is 0.876. The summed E-state index contributed by atoms with van der Waals surface area (Å²) in [5.41, 5.74) is 2.83. The van der Waals surface area contributed by atoms with Gasteiger partial charge in [-0.3, -0.25) is 0 Å². The Bertz CT molecular complexity index is 388. The van der Waals surface area contributed by atoms with E-state index in [9.17, 15) is 0 Å². The Morgan fingerprint density at radius 3 is 2.67 bits per heavy atom. The molecule has 1 N–H and O–H groups in total. The van der Waals surface area contributed by atoms with Gasteiger partial charge in [-0.1, -0.05) is 25.1 Å². The molecule has 1 aromatic rings. The van der Waals surface area contributed by atoms with Crippen molar-refractivity contribution in [3.05, 3.63) is 29.8 Å². The molecule has 0 bridgehead atoms. The Morgan fingerprint density at radius 2 is 2.00 bits per heavy atom. The SMILES string of the molecule is CNC(C)c1ccccc1N1CCC(C)CC1C. The Labute approximate surface area is 111 Å². The van der Waals surface area contributed by atoms with Gasteiger partial charge in [0.2, 0.25) is 0 Å². The van der Waals surface area contributed by atoms with E-state index < -0.39 is 0 Å². The van der Waals surface area contributed by atoms with E-state index in [4.69, 9.17) is 0 Å². The summed E-state index contributed by atoms with van der Waals surface area (Å²) in [4.78, 5) is 2.59. The number of hydrogen-bond donors (Lipinski definition) is 1. The minimum Gasteiger partial charge on any atom is -0.369 e. The highest BCUT2D eigenvalue weighted by Gasteiger charge is 2.25. The minimum atomic E-state index is 0.410. The molecule has 0 aliphatic carbocycles. The van der Waals surface area contributed by atoms with Crippen LogP contribution in [0.2, 0.25) is 0 Å². The average molecular weight is 246 g/mol. The van der Waals surface area contributed by atoms with Crippen molar-refractivity contribution in [2.24, 2.45) is 5.92 Å². The molecule has 3 unspecified atom stereocenters. The van der Waals surface area contributed by atoms with Crippen LogP contribution in [0.5, 0.6) is 0 Å². The maximum Gasteiger partial charge on any atom is 0.0417 e. The van der Waals surface area contributed by atoms with Crippen LogP contribution in [-0.4, -0.2) is 19.6 Å². The topological polar surface area (TPSA) is 15.3 Å². The zero-order chi connectivity index (χ0) is 13.1. The van der Waals surface area contributed by atoms with Crippen LogP contribution in [0.3, 0.4) is 0 Å². The number of para-hydroxylation sites is 1. The lowest BCUT2D eigenvalue weighted by atomic mass is 9.92. The normalized spacial score (nSPS) is 26.1. The van der Waals surface area contributed by atoms with Gasteiger partial charge < -0.3 is 10.2 Å². The molecule has 0 amide bonds. The van der Waals surface area contributed by atoms with Gasteiger partial charge in [-0.25, -0.2) is 0 Å². The second-order valence-electron chi connectivity index (χ2n) is 5.74. The smallest absolute Gasteiger partial charge is 0.0417 e. The van der Waals surface area contributed by atoms with E-state index in [1.54, 1.807) is 0 Å². The Hall–Kier alpha value is -1.02. The van der Waals surface area contributed by atoms with Gasteiger partial charge in [0.25, 0.3) is 0 Å². The number of anilines is 1. The molecule has 18 heavy (non-hydrogen) atoms. The van der Waals surface area contributed by atoms with Crippen molar-refractivity contribution in [2.45, 2.75) is 45.7 Å². The van der Waals surface area contributed by atoms with Crippen molar-refractivity contribution in [1.29, 1.82) is 0 Å². The van der Waals surface area contributed by atoms with Crippen LogP contribution in [0.4, 0.5) is 5.69 Å². The van der Waals surface area contributed by atoms with Gasteiger partial charge in [-0.2, -0.15) is 0 Å². The first kappa shape index (κ1) is 13.4. The summed E-state index contributed by atoms with van der Waals surface area (Å²) in [6.45, 7) is 8.15. The standard InChI is InChI=1S/C16H26N2/c1-12-9-10-18(13(2)11-12)16-8-6-5-7-15(16)14(3)17-4/h5-8,12-14,17H,9-11H2,1-4H3. The third-order valence-corrected chi connectivity index (χ3v) is 4.28. The van der Waals surface area contributed by atoms with E-state index in [0.717, 1.165) is 5.92 Å². The number of piperidine rings is 1. The van der Waals surface area contributed by atoms with Gasteiger partial charge in [-0.05, 0) is 51.3 Å². The Kier molecular flexibility index (Phi) is 4.28. The largest absolute Gasteiger partial charge is 0.369 e. The van der Waals surface area contributed by atoms with Crippen LogP contribution < -0.4 is 10.2 Å². The van der Waals surface area contributed by atoms with E-state index in [2.05, 4.69) is 55.3 Å². The summed E-state index contributed by atoms with van der Waals surface area (Å²) >= 11 is 0. The second-order valence-corrected chi connectivity index (χ2v) is 5.74. The Morgan fingerprint density at radius 1 is 1.28 bits per heavy atom. The number of benzene rings is 1. The molecule has 2 heteroatoms. The average Bonchev–Trinajstić information content (AvgIpc) is 2.38. The van der Waals surface area contributed by atoms with Gasteiger partial charge in [-0.15, -0.1) is 0 Å². The molecular formula is C16H26N2. The molecule has 1 fully saturated rings. The summed E-state index contributed by atoms with van der Waals surface area (Å²) in [5, 5.41) is 3.36. The van der Waals surface area contributed by atoms with Gasteiger partial charge >= 0.3 is 0 Å². The highest BCUT2D eigenvalue weighted by atomic mass is 15.2. The summed E-state index contributed by atoms with van der Waals surface area (Å²) in [6, 6.07) is 9.89. The number of nitrogens with one attached hydrogen (secondary N) is 1. The molecule has 1 aliphatic heterocycles. The lowest BCUT2D eigenvalue weighted by Crippen LogP contribution is -2.41. The van der Waals surface area contributed by atoms with Crippen molar-refractivity contribution in [1.82, 2.24) is 5.32 Å². The van der Waals surface area contributed by atoms with Crippen molar-refractivity contribution < 1.29 is 0 Å². The van der Waals surface area contributed by atoms with E-state index in [1.807, 2.05) is 7.05 Å². The van der Waals surface area contributed by atoms with Crippen molar-refractivity contribution in [2.75, 3.05) is 18.5 Å². The summed E-state index contributed by atoms with van der Waals surface area (Å²) in [7, 11) is 2.03. The zero-order valence-corrected chi connectivity index (χ0v) is 12.1. The molecule has 1 aliphatic rings. The first-order chi connectivity index (χ1) is 8.63. The minimum absolute atomic E-state index is 0.410. The van der Waals surface area contributed by atoms with Gasteiger partial charge in [0, 0.05) is 24.3 Å². The van der Waals surface area contributed by atoms with E-state index >= 15 is 0 Å². The van der Waals surface area contributed by atoms with Crippen LogP contribution in [0.1, 0.15) is 45.2 Å². The highest BCUT2D eigenvalue weighted by Crippen LogP contribution is 2.32. The van der Waals surface area contributed by atoms with Gasteiger partial charge in [0.05, 0.1) is 0 Å². The van der Waals surface area contributed by atoms with Crippen molar-refractivity contribution >= 4 is 5.69 Å². The molecule has 0 radical (unpaired) electrons. The lowest BCUT2D eigenvalue weighted by molar-refractivity contribution is 0.377. The van der Waals surface area contributed by atoms with Crippen LogP contribution in [0.15, 0.2) is 24.3 Å². The zero-order valence-electron chi connectivity index (χ0n) is 12.1. The molecule has 3 atom stereocenters. The molecule has 1 saturated heterocycles. The van der Waals surface area contributed by atoms with Crippen LogP contribution in [0.25, 0.3) is 0 Å². The molecule has 2 rings (SSSR count). The Balaban J connectivity index is 2.27. The fourth-order valence-electron chi connectivity index (χ4n) is 3.04. The predicted molar refractivity (Wildman–Crippen MR) is 79.1 cm³/mol. The molecular weight excluding hydrogens is 220 g/mol. The van der Waals surface area contributed by atoms with Crippen LogP contribution in [0, 0.1) is 5.92 Å². The number of rotatable bonds is 3. The molecule has 0 aromatic heterocycles. The third kappa shape index (κ3) is 2.69. The van der Waals surface area contributed by atoms with E-state index in [-0.39, 0.29) is 0 Å². The fourth-order valence-corrected chi connectivity index (χ4v) is 3.04. The van der Waals surface area contributed by atoms with E-state index in [0.29, 0.717) is 12.1 Å². The van der Waals surface area contributed by atoms with Crippen molar-refractivity contribution in [3.63, 3.8) is 0 Å². The summed E-state index contributed by atoms with van der Waals surface area (Å²) in [6.07, 6.45) is 2.62. The molecule has 0 saturated carbocycles. The molecule has 0 spiro atoms. The summed E-state index contributed by atoms with van der Waals surface area (Å²) in [5.74, 6) is 0.866. The fraction of sp³-hybridized carbons (Fsp3) is 0.625. The lowest BCUT2D eigenvalue weighted by Gasteiger charge is -2.40. The number of hydrogen-bond acceptors (Lipinski definition) is 2. The predicted octanol–water partition coefficient (Wildman–Crippen LogP) is 3.59. The van der Waals surface area contributed by atoms with Crippen LogP contribution >= 0.6 is 0 Å². The molecule has 2 nitrogen and oxygen atoms in total. The second kappa shape index (κ2) is 5.75. The molecule has 100 valence electrons. The summed E-state index contributed by atoms with van der Waals surface area (Å²) < 4.78 is 0. The number of nitrogens with zero attached hydrogens (tertiary/aromatic N) is 1.